The van der Waals surface area contributed by atoms with Crippen molar-refractivity contribution >= 4 is 35.5 Å². The SMILES string of the molecule is CC(C)c1ccc2c(c1)C(N1CC[NH+](C)CC1)=Cc1cccnc1S2.O=C([O-])/C=C\C(=O)O. The minimum atomic E-state index is -1.51. The van der Waals surface area contributed by atoms with E-state index in [1.807, 2.05) is 12.3 Å². The molecule has 1 aromatic carbocycles. The molecule has 0 atom stereocenters. The number of carbonyl (C=O) groups excluding carboxylic acids is 1. The fourth-order valence-corrected chi connectivity index (χ4v) is 4.63. The van der Waals surface area contributed by atoms with Crippen LogP contribution in [0.5, 0.6) is 0 Å². The first kappa shape index (κ1) is 24.5. The normalized spacial score (nSPS) is 15.8. The van der Waals surface area contributed by atoms with E-state index >= 15 is 0 Å². The first-order valence-electron chi connectivity index (χ1n) is 10.9. The number of carboxylic acids is 2. The zero-order chi connectivity index (χ0) is 24.0. The van der Waals surface area contributed by atoms with Gasteiger partial charge in [0, 0.05) is 34.0 Å². The maximum absolute atomic E-state index is 9.53. The summed E-state index contributed by atoms with van der Waals surface area (Å²) in [5, 5.41) is 18.3. The first-order valence-corrected chi connectivity index (χ1v) is 11.7. The van der Waals surface area contributed by atoms with Crippen LogP contribution in [0.3, 0.4) is 0 Å². The number of hydrogen-bond donors (Lipinski definition) is 2. The number of aromatic nitrogens is 1. The van der Waals surface area contributed by atoms with Crippen molar-refractivity contribution in [3.8, 4) is 0 Å². The molecular formula is C25H29N3O4S. The Labute approximate surface area is 198 Å². The Morgan fingerprint density at radius 2 is 1.94 bits per heavy atom. The van der Waals surface area contributed by atoms with Crippen LogP contribution in [0.25, 0.3) is 11.8 Å². The number of carbonyl (C=O) groups is 2. The highest BCUT2D eigenvalue weighted by Gasteiger charge is 2.25. The lowest BCUT2D eigenvalue weighted by Crippen LogP contribution is -3.11. The summed E-state index contributed by atoms with van der Waals surface area (Å²) < 4.78 is 0. The second-order valence-electron chi connectivity index (χ2n) is 8.37. The number of carboxylic acid groups (broad SMARTS) is 2. The lowest BCUT2D eigenvalue weighted by atomic mass is 9.98. The molecule has 2 aliphatic heterocycles. The standard InChI is InChI=1S/C21H25N3S.C4H4O4/c1-15(2)16-6-7-20-18(13-16)19(24-11-9-23(3)10-12-24)14-17-5-4-8-22-21(17)25-20;5-3(6)1-2-4(7)8/h4-8,13-15H,9-12H2,1-3H3;1-2H,(H,5,6)(H,7,8)/b;2-1-. The quantitative estimate of drug-likeness (QED) is 0.656. The number of rotatable bonds is 4. The third-order valence-corrected chi connectivity index (χ3v) is 6.68. The lowest BCUT2D eigenvalue weighted by Gasteiger charge is -2.34. The van der Waals surface area contributed by atoms with Gasteiger partial charge >= 0.3 is 5.97 Å². The number of nitrogens with one attached hydrogen (secondary N) is 1. The summed E-state index contributed by atoms with van der Waals surface area (Å²) in [4.78, 5) is 29.1. The second kappa shape index (κ2) is 11.2. The van der Waals surface area contributed by atoms with Gasteiger partial charge in [-0.05, 0) is 41.8 Å². The fraction of sp³-hybridized carbons (Fsp3) is 0.320. The maximum atomic E-state index is 9.53. The third kappa shape index (κ3) is 6.69. The molecule has 1 fully saturated rings. The molecule has 4 rings (SSSR count). The summed E-state index contributed by atoms with van der Waals surface area (Å²) in [5.74, 6) is -2.26. The topological polar surface area (TPSA) is 98.0 Å². The molecule has 1 aromatic heterocycles. The number of aliphatic carboxylic acids is 2. The van der Waals surface area contributed by atoms with Crippen LogP contribution in [0.15, 0.2) is 58.6 Å². The molecule has 0 spiro atoms. The molecule has 8 heteroatoms. The number of piperazine rings is 1. The Morgan fingerprint density at radius 1 is 1.21 bits per heavy atom. The van der Waals surface area contributed by atoms with E-state index in [1.54, 1.807) is 16.7 Å². The van der Waals surface area contributed by atoms with Gasteiger partial charge in [0.2, 0.25) is 0 Å². The average Bonchev–Trinajstić information content (AvgIpc) is 2.95. The van der Waals surface area contributed by atoms with Crippen molar-refractivity contribution in [2.45, 2.75) is 29.7 Å². The molecule has 0 saturated carbocycles. The van der Waals surface area contributed by atoms with E-state index in [-0.39, 0.29) is 0 Å². The Hall–Kier alpha value is -3.10. The molecule has 2 aliphatic rings. The van der Waals surface area contributed by atoms with E-state index < -0.39 is 11.9 Å². The molecule has 1 saturated heterocycles. The van der Waals surface area contributed by atoms with Gasteiger partial charge in [-0.2, -0.15) is 0 Å². The van der Waals surface area contributed by atoms with Crippen LogP contribution < -0.4 is 10.0 Å². The molecule has 0 radical (unpaired) electrons. The fourth-order valence-electron chi connectivity index (χ4n) is 3.65. The minimum absolute atomic E-state index is 0.447. The van der Waals surface area contributed by atoms with Crippen LogP contribution >= 0.6 is 11.8 Å². The summed E-state index contributed by atoms with van der Waals surface area (Å²) >= 11 is 1.80. The van der Waals surface area contributed by atoms with Gasteiger partial charge in [-0.25, -0.2) is 9.78 Å². The van der Waals surface area contributed by atoms with Crippen molar-refractivity contribution in [1.29, 1.82) is 0 Å². The number of hydrogen-bond acceptors (Lipinski definition) is 6. The highest BCUT2D eigenvalue weighted by atomic mass is 32.2. The van der Waals surface area contributed by atoms with Crippen molar-refractivity contribution in [2.24, 2.45) is 0 Å². The number of benzene rings is 1. The molecular weight excluding hydrogens is 438 g/mol. The van der Waals surface area contributed by atoms with Gasteiger partial charge in [0.1, 0.15) is 5.03 Å². The summed E-state index contributed by atoms with van der Waals surface area (Å²) in [6, 6.07) is 11.2. The van der Waals surface area contributed by atoms with Crippen molar-refractivity contribution in [1.82, 2.24) is 9.88 Å². The number of fused-ring (bicyclic) bond motifs is 2. The highest BCUT2D eigenvalue weighted by Crippen LogP contribution is 2.41. The van der Waals surface area contributed by atoms with Crippen LogP contribution in [-0.4, -0.2) is 60.2 Å². The smallest absolute Gasteiger partial charge is 0.328 e. The summed E-state index contributed by atoms with van der Waals surface area (Å²) in [5.41, 5.74) is 5.37. The van der Waals surface area contributed by atoms with Crippen LogP contribution in [0, 0.1) is 0 Å². The Morgan fingerprint density at radius 3 is 2.55 bits per heavy atom. The molecule has 2 N–H and O–H groups in total. The molecule has 2 aromatic rings. The number of likely N-dealkylation sites (N-methyl/N-ethyl adjacent to an activating group) is 1. The maximum Gasteiger partial charge on any atom is 0.328 e. The van der Waals surface area contributed by atoms with Crippen LogP contribution in [0.4, 0.5) is 0 Å². The van der Waals surface area contributed by atoms with Gasteiger partial charge < -0.3 is 24.8 Å². The predicted octanol–water partition coefficient (Wildman–Crippen LogP) is 1.38. The van der Waals surface area contributed by atoms with E-state index in [1.165, 1.54) is 40.4 Å². The van der Waals surface area contributed by atoms with Crippen LogP contribution in [0.2, 0.25) is 0 Å². The van der Waals surface area contributed by atoms with Crippen LogP contribution in [0.1, 0.15) is 36.5 Å². The molecule has 3 heterocycles. The van der Waals surface area contributed by atoms with E-state index in [4.69, 9.17) is 5.11 Å². The second-order valence-corrected chi connectivity index (χ2v) is 9.41. The molecule has 0 bridgehead atoms. The summed E-state index contributed by atoms with van der Waals surface area (Å²) in [6.07, 6.45) is 5.19. The van der Waals surface area contributed by atoms with E-state index in [2.05, 4.69) is 61.1 Å². The molecule has 33 heavy (non-hydrogen) atoms. The minimum Gasteiger partial charge on any atom is -0.545 e. The molecule has 7 nitrogen and oxygen atoms in total. The first-order chi connectivity index (χ1) is 15.7. The molecule has 0 amide bonds. The Kier molecular flexibility index (Phi) is 8.30. The van der Waals surface area contributed by atoms with E-state index in [0.717, 1.165) is 18.1 Å². The van der Waals surface area contributed by atoms with E-state index in [0.29, 0.717) is 18.1 Å². The van der Waals surface area contributed by atoms with Gasteiger partial charge in [0.15, 0.2) is 0 Å². The van der Waals surface area contributed by atoms with Crippen molar-refractivity contribution in [3.63, 3.8) is 0 Å². The van der Waals surface area contributed by atoms with Gasteiger partial charge in [0.05, 0.1) is 39.2 Å². The number of nitrogens with zero attached hydrogens (tertiary/aromatic N) is 2. The average molecular weight is 468 g/mol. The molecule has 0 aliphatic carbocycles. The summed E-state index contributed by atoms with van der Waals surface area (Å²) in [7, 11) is 2.29. The van der Waals surface area contributed by atoms with Gasteiger partial charge in [-0.15, -0.1) is 0 Å². The molecule has 174 valence electrons. The zero-order valence-electron chi connectivity index (χ0n) is 19.1. The largest absolute Gasteiger partial charge is 0.545 e. The third-order valence-electron chi connectivity index (χ3n) is 5.57. The van der Waals surface area contributed by atoms with Gasteiger partial charge in [-0.1, -0.05) is 37.7 Å². The van der Waals surface area contributed by atoms with Crippen molar-refractivity contribution < 1.29 is 24.7 Å². The Balaban J connectivity index is 0.000000331. The lowest BCUT2D eigenvalue weighted by molar-refractivity contribution is -0.883. The van der Waals surface area contributed by atoms with Gasteiger partial charge in [-0.3, -0.25) is 0 Å². The highest BCUT2D eigenvalue weighted by molar-refractivity contribution is 7.99. The number of pyridine rings is 1. The predicted molar refractivity (Wildman–Crippen MR) is 127 cm³/mol. The van der Waals surface area contributed by atoms with Crippen molar-refractivity contribution in [2.75, 3.05) is 33.2 Å². The van der Waals surface area contributed by atoms with E-state index in [9.17, 15) is 14.7 Å². The van der Waals surface area contributed by atoms with Crippen LogP contribution in [-0.2, 0) is 9.59 Å². The zero-order valence-corrected chi connectivity index (χ0v) is 19.9. The van der Waals surface area contributed by atoms with Gasteiger partial charge in [0.25, 0.3) is 0 Å². The number of quaternary nitrogens is 1. The molecule has 0 unspecified atom stereocenters. The monoisotopic (exact) mass is 467 g/mol. The summed E-state index contributed by atoms with van der Waals surface area (Å²) in [6.45, 7) is 9.16. The van der Waals surface area contributed by atoms with Crippen molar-refractivity contribution in [3.05, 3.63) is 65.4 Å². The Bertz CT molecular complexity index is 1060.